The van der Waals surface area contributed by atoms with Gasteiger partial charge in [0.15, 0.2) is 11.7 Å². The van der Waals surface area contributed by atoms with Gasteiger partial charge in [0.25, 0.3) is 5.91 Å². The Labute approximate surface area is 137 Å². The van der Waals surface area contributed by atoms with E-state index in [2.05, 4.69) is 10.3 Å². The zero-order valence-electron chi connectivity index (χ0n) is 11.5. The Hall–Kier alpha value is -1.30. The topological polar surface area (TPSA) is 51.2 Å². The number of hydrogen-bond acceptors (Lipinski definition) is 4. The molecule has 0 radical (unpaired) electrons. The first-order chi connectivity index (χ1) is 9.95. The van der Waals surface area contributed by atoms with E-state index in [1.807, 2.05) is 19.2 Å². The molecule has 0 saturated carbocycles. The monoisotopic (exact) mass is 344 g/mol. The van der Waals surface area contributed by atoms with E-state index in [1.165, 1.54) is 11.3 Å². The Morgan fingerprint density at radius 2 is 2.19 bits per heavy atom. The van der Waals surface area contributed by atoms with Crippen molar-refractivity contribution < 1.29 is 9.53 Å². The van der Waals surface area contributed by atoms with Crippen LogP contribution in [0.25, 0.3) is 0 Å². The van der Waals surface area contributed by atoms with E-state index in [0.717, 1.165) is 5.69 Å². The summed E-state index contributed by atoms with van der Waals surface area (Å²) in [4.78, 5) is 16.1. The Kier molecular flexibility index (Phi) is 5.45. The molecule has 1 amide bonds. The number of aromatic nitrogens is 1. The number of amides is 1. The van der Waals surface area contributed by atoms with Crippen molar-refractivity contribution in [3.05, 3.63) is 39.3 Å². The van der Waals surface area contributed by atoms with Crippen molar-refractivity contribution in [3.8, 4) is 5.75 Å². The van der Waals surface area contributed by atoms with E-state index in [-0.39, 0.29) is 12.5 Å². The van der Waals surface area contributed by atoms with Crippen LogP contribution in [0.1, 0.15) is 25.5 Å². The van der Waals surface area contributed by atoms with Gasteiger partial charge in [0.1, 0.15) is 5.75 Å². The molecule has 2 rings (SSSR count). The highest BCUT2D eigenvalue weighted by Crippen LogP contribution is 2.27. The summed E-state index contributed by atoms with van der Waals surface area (Å²) in [6, 6.07) is 4.83. The van der Waals surface area contributed by atoms with Gasteiger partial charge in [-0.3, -0.25) is 10.1 Å². The number of benzene rings is 1. The SMILES string of the molecule is CC(C)c1csc(NC(=O)COc2ccc(Cl)cc2Cl)n1. The molecule has 0 spiro atoms. The first-order valence-electron chi connectivity index (χ1n) is 6.29. The number of halogens is 2. The molecule has 0 fully saturated rings. The maximum atomic E-state index is 11.8. The number of hydrogen-bond donors (Lipinski definition) is 1. The van der Waals surface area contributed by atoms with Gasteiger partial charge in [-0.15, -0.1) is 11.3 Å². The van der Waals surface area contributed by atoms with Crippen LogP contribution in [0, 0.1) is 0 Å². The minimum atomic E-state index is -0.286. The van der Waals surface area contributed by atoms with Crippen molar-refractivity contribution in [1.29, 1.82) is 0 Å². The van der Waals surface area contributed by atoms with Crippen LogP contribution < -0.4 is 10.1 Å². The summed E-state index contributed by atoms with van der Waals surface area (Å²) in [5, 5.41) is 6.07. The Bertz CT molecular complexity index is 644. The van der Waals surface area contributed by atoms with Gasteiger partial charge in [-0.25, -0.2) is 4.98 Å². The molecule has 21 heavy (non-hydrogen) atoms. The second kappa shape index (κ2) is 7.11. The van der Waals surface area contributed by atoms with Gasteiger partial charge < -0.3 is 4.74 Å². The summed E-state index contributed by atoms with van der Waals surface area (Å²) in [5.74, 6) is 0.458. The van der Waals surface area contributed by atoms with Gasteiger partial charge in [-0.2, -0.15) is 0 Å². The van der Waals surface area contributed by atoms with E-state index < -0.39 is 0 Å². The normalized spacial score (nSPS) is 10.7. The molecule has 7 heteroatoms. The first kappa shape index (κ1) is 16.1. The maximum absolute atomic E-state index is 11.8. The van der Waals surface area contributed by atoms with E-state index in [1.54, 1.807) is 18.2 Å². The molecule has 1 N–H and O–H groups in total. The van der Waals surface area contributed by atoms with Crippen molar-refractivity contribution in [1.82, 2.24) is 4.98 Å². The third-order valence-electron chi connectivity index (χ3n) is 2.61. The van der Waals surface area contributed by atoms with Crippen LogP contribution >= 0.6 is 34.5 Å². The summed E-state index contributed by atoms with van der Waals surface area (Å²) in [6.45, 7) is 3.95. The number of anilines is 1. The van der Waals surface area contributed by atoms with Crippen molar-refractivity contribution in [2.45, 2.75) is 19.8 Å². The molecule has 112 valence electrons. The third-order valence-corrected chi connectivity index (χ3v) is 3.92. The van der Waals surface area contributed by atoms with Crippen LogP contribution in [0.4, 0.5) is 5.13 Å². The number of nitrogens with zero attached hydrogens (tertiary/aromatic N) is 1. The van der Waals surface area contributed by atoms with Crippen molar-refractivity contribution >= 4 is 45.6 Å². The first-order valence-corrected chi connectivity index (χ1v) is 7.92. The van der Waals surface area contributed by atoms with Crippen molar-refractivity contribution in [3.63, 3.8) is 0 Å². The van der Waals surface area contributed by atoms with Gasteiger partial charge in [-0.1, -0.05) is 37.0 Å². The smallest absolute Gasteiger partial charge is 0.264 e. The minimum Gasteiger partial charge on any atom is -0.482 e. The quantitative estimate of drug-likeness (QED) is 0.862. The van der Waals surface area contributed by atoms with Gasteiger partial charge >= 0.3 is 0 Å². The summed E-state index contributed by atoms with van der Waals surface area (Å²) >= 11 is 13.1. The summed E-state index contributed by atoms with van der Waals surface area (Å²) in [6.07, 6.45) is 0. The summed E-state index contributed by atoms with van der Waals surface area (Å²) in [5.41, 5.74) is 0.956. The summed E-state index contributed by atoms with van der Waals surface area (Å²) < 4.78 is 5.35. The number of carbonyl (C=O) groups excluding carboxylic acids is 1. The highest BCUT2D eigenvalue weighted by atomic mass is 35.5. The van der Waals surface area contributed by atoms with E-state index in [9.17, 15) is 4.79 Å². The minimum absolute atomic E-state index is 0.141. The van der Waals surface area contributed by atoms with Crippen LogP contribution in [0.2, 0.25) is 10.0 Å². The fraction of sp³-hybridized carbons (Fsp3) is 0.286. The van der Waals surface area contributed by atoms with Crippen LogP contribution in [0.5, 0.6) is 5.75 Å². The lowest BCUT2D eigenvalue weighted by Crippen LogP contribution is -2.20. The van der Waals surface area contributed by atoms with Gasteiger partial charge in [-0.05, 0) is 24.1 Å². The van der Waals surface area contributed by atoms with Crippen LogP contribution in [0.3, 0.4) is 0 Å². The number of ether oxygens (including phenoxy) is 1. The predicted molar refractivity (Wildman–Crippen MR) is 86.8 cm³/mol. The maximum Gasteiger partial charge on any atom is 0.264 e. The molecule has 4 nitrogen and oxygen atoms in total. The Morgan fingerprint density at radius 3 is 2.81 bits per heavy atom. The highest BCUT2D eigenvalue weighted by molar-refractivity contribution is 7.13. The second-order valence-corrected chi connectivity index (χ2v) is 6.35. The Morgan fingerprint density at radius 1 is 1.43 bits per heavy atom. The molecule has 0 bridgehead atoms. The fourth-order valence-corrected chi connectivity index (χ4v) is 2.85. The number of nitrogens with one attached hydrogen (secondary N) is 1. The zero-order chi connectivity index (χ0) is 15.4. The third kappa shape index (κ3) is 4.59. The zero-order valence-corrected chi connectivity index (χ0v) is 13.9. The molecule has 0 aliphatic heterocycles. The van der Waals surface area contributed by atoms with Crippen molar-refractivity contribution in [2.24, 2.45) is 0 Å². The van der Waals surface area contributed by atoms with Crippen LogP contribution in [-0.4, -0.2) is 17.5 Å². The summed E-state index contributed by atoms with van der Waals surface area (Å²) in [7, 11) is 0. The molecule has 0 aliphatic rings. The molecule has 0 saturated heterocycles. The van der Waals surface area contributed by atoms with E-state index in [0.29, 0.717) is 26.8 Å². The van der Waals surface area contributed by atoms with Gasteiger partial charge in [0, 0.05) is 10.4 Å². The molecule has 0 unspecified atom stereocenters. The number of thiazole rings is 1. The molecule has 1 heterocycles. The standard InChI is InChI=1S/C14H14Cl2N2O2S/c1-8(2)11-7-21-14(17-11)18-13(19)6-20-12-4-3-9(15)5-10(12)16/h3-5,7-8H,6H2,1-2H3,(H,17,18,19). The molecular weight excluding hydrogens is 331 g/mol. The molecular formula is C14H14Cl2N2O2S. The van der Waals surface area contributed by atoms with Gasteiger partial charge in [0.05, 0.1) is 10.7 Å². The molecule has 2 aromatic rings. The lowest BCUT2D eigenvalue weighted by atomic mass is 10.2. The van der Waals surface area contributed by atoms with Crippen LogP contribution in [0.15, 0.2) is 23.6 Å². The average molecular weight is 345 g/mol. The molecule has 1 aromatic carbocycles. The lowest BCUT2D eigenvalue weighted by Gasteiger charge is -2.07. The fourth-order valence-electron chi connectivity index (χ4n) is 1.50. The van der Waals surface area contributed by atoms with Crippen molar-refractivity contribution in [2.75, 3.05) is 11.9 Å². The average Bonchev–Trinajstić information content (AvgIpc) is 2.86. The van der Waals surface area contributed by atoms with Crippen LogP contribution in [-0.2, 0) is 4.79 Å². The Balaban J connectivity index is 1.89. The predicted octanol–water partition coefficient (Wildman–Crippen LogP) is 4.59. The van der Waals surface area contributed by atoms with E-state index >= 15 is 0 Å². The molecule has 0 atom stereocenters. The lowest BCUT2D eigenvalue weighted by molar-refractivity contribution is -0.118. The van der Waals surface area contributed by atoms with E-state index in [4.69, 9.17) is 27.9 Å². The highest BCUT2D eigenvalue weighted by Gasteiger charge is 2.10. The number of rotatable bonds is 5. The van der Waals surface area contributed by atoms with Gasteiger partial charge in [0.2, 0.25) is 0 Å². The largest absolute Gasteiger partial charge is 0.482 e. The molecule has 1 aromatic heterocycles. The second-order valence-electron chi connectivity index (χ2n) is 4.64. The molecule has 0 aliphatic carbocycles. The number of carbonyl (C=O) groups is 1.